The lowest BCUT2D eigenvalue weighted by molar-refractivity contribution is -0.000417. The third kappa shape index (κ3) is 2.97. The van der Waals surface area contributed by atoms with Gasteiger partial charge in [-0.1, -0.05) is 26.8 Å². The van der Waals surface area contributed by atoms with E-state index in [1.165, 1.54) is 5.56 Å². The Balaban J connectivity index is 2.26. The van der Waals surface area contributed by atoms with E-state index < -0.39 is 6.10 Å². The van der Waals surface area contributed by atoms with Crippen LogP contribution in [0.25, 0.3) is 0 Å². The zero-order valence-corrected chi connectivity index (χ0v) is 12.5. The van der Waals surface area contributed by atoms with E-state index >= 15 is 0 Å². The third-order valence-corrected chi connectivity index (χ3v) is 4.06. The highest BCUT2D eigenvalue weighted by molar-refractivity contribution is 5.42. The summed E-state index contributed by atoms with van der Waals surface area (Å²) in [4.78, 5) is 2.07. The maximum Gasteiger partial charge on any atom is 0.125 e. The van der Waals surface area contributed by atoms with Crippen LogP contribution >= 0.6 is 0 Å². The summed E-state index contributed by atoms with van der Waals surface area (Å²) in [6.07, 6.45) is -0.566. The van der Waals surface area contributed by atoms with E-state index in [-0.39, 0.29) is 12.6 Å². The molecule has 0 amide bonds. The molecule has 0 fully saturated rings. The number of hydrogen-bond donors (Lipinski definition) is 2. The van der Waals surface area contributed by atoms with Crippen molar-refractivity contribution in [2.24, 2.45) is 0 Å². The Hall–Kier alpha value is -1.10. The van der Waals surface area contributed by atoms with Crippen molar-refractivity contribution in [1.29, 1.82) is 0 Å². The number of hydrogen-bond acceptors (Lipinski definition) is 4. The topological polar surface area (TPSA) is 52.9 Å². The van der Waals surface area contributed by atoms with Crippen molar-refractivity contribution in [3.63, 3.8) is 0 Å². The third-order valence-electron chi connectivity index (χ3n) is 4.06. The second kappa shape index (κ2) is 6.57. The molecule has 0 radical (unpaired) electrons. The van der Waals surface area contributed by atoms with Gasteiger partial charge < -0.3 is 14.9 Å². The largest absolute Gasteiger partial charge is 0.491 e. The van der Waals surface area contributed by atoms with Crippen molar-refractivity contribution in [3.05, 3.63) is 29.3 Å². The van der Waals surface area contributed by atoms with Gasteiger partial charge in [-0.05, 0) is 30.2 Å². The number of rotatable bonds is 5. The first kappa shape index (κ1) is 15.3. The van der Waals surface area contributed by atoms with Gasteiger partial charge in [-0.15, -0.1) is 0 Å². The molecule has 0 saturated heterocycles. The fraction of sp³-hybridized carbons (Fsp3) is 0.625. The maximum atomic E-state index is 10.7. The summed E-state index contributed by atoms with van der Waals surface area (Å²) in [5, 5.41) is 19.8. The van der Waals surface area contributed by atoms with E-state index in [1.54, 1.807) is 0 Å². The smallest absolute Gasteiger partial charge is 0.125 e. The van der Waals surface area contributed by atoms with E-state index in [1.807, 2.05) is 19.1 Å². The monoisotopic (exact) mass is 279 g/mol. The maximum absolute atomic E-state index is 10.7. The minimum absolute atomic E-state index is 0.0932. The standard InChI is InChI=1S/C16H25NO3/c1-4-17(7-8-18)14-10-20-15-6-5-12(11(2)3)9-13(15)16(14)19/h5-6,9,11,14,16,18-19H,4,7-8,10H2,1-3H3. The van der Waals surface area contributed by atoms with Crippen molar-refractivity contribution in [2.45, 2.75) is 38.8 Å². The highest BCUT2D eigenvalue weighted by Crippen LogP contribution is 2.36. The number of fused-ring (bicyclic) bond motifs is 1. The lowest BCUT2D eigenvalue weighted by Gasteiger charge is -2.37. The van der Waals surface area contributed by atoms with Crippen molar-refractivity contribution in [2.75, 3.05) is 26.3 Å². The second-order valence-corrected chi connectivity index (χ2v) is 5.63. The van der Waals surface area contributed by atoms with Gasteiger partial charge in [-0.3, -0.25) is 4.90 Å². The summed E-state index contributed by atoms with van der Waals surface area (Å²) in [7, 11) is 0. The molecule has 112 valence electrons. The predicted octanol–water partition coefficient (Wildman–Crippen LogP) is 1.92. The number of aliphatic hydroxyl groups excluding tert-OH is 2. The van der Waals surface area contributed by atoms with Gasteiger partial charge in [0.2, 0.25) is 0 Å². The molecule has 2 N–H and O–H groups in total. The molecule has 1 heterocycles. The molecule has 2 rings (SSSR count). The van der Waals surface area contributed by atoms with Crippen LogP contribution in [0.15, 0.2) is 18.2 Å². The fourth-order valence-electron chi connectivity index (χ4n) is 2.75. The summed E-state index contributed by atoms with van der Waals surface area (Å²) in [5.74, 6) is 1.20. The van der Waals surface area contributed by atoms with Gasteiger partial charge in [-0.25, -0.2) is 0 Å². The Bertz CT molecular complexity index is 447. The molecule has 1 aromatic rings. The van der Waals surface area contributed by atoms with Crippen LogP contribution in [-0.2, 0) is 0 Å². The summed E-state index contributed by atoms with van der Waals surface area (Å²) in [6, 6.07) is 5.96. The molecule has 4 heteroatoms. The molecular formula is C16H25NO3. The first-order valence-electron chi connectivity index (χ1n) is 7.38. The minimum Gasteiger partial charge on any atom is -0.491 e. The number of aliphatic hydroxyl groups is 2. The molecule has 0 spiro atoms. The Morgan fingerprint density at radius 2 is 2.15 bits per heavy atom. The van der Waals surface area contributed by atoms with E-state index in [9.17, 15) is 5.11 Å². The average Bonchev–Trinajstić information content (AvgIpc) is 2.45. The Kier molecular flexibility index (Phi) is 5.02. The number of nitrogens with zero attached hydrogens (tertiary/aromatic N) is 1. The molecule has 0 aromatic heterocycles. The molecular weight excluding hydrogens is 254 g/mol. The van der Waals surface area contributed by atoms with E-state index in [4.69, 9.17) is 9.84 Å². The molecule has 20 heavy (non-hydrogen) atoms. The summed E-state index contributed by atoms with van der Waals surface area (Å²) in [5.41, 5.74) is 2.07. The van der Waals surface area contributed by atoms with Crippen LogP contribution in [0.5, 0.6) is 5.75 Å². The van der Waals surface area contributed by atoms with Crippen molar-refractivity contribution in [3.8, 4) is 5.75 Å². The van der Waals surface area contributed by atoms with E-state index in [0.717, 1.165) is 17.9 Å². The fourth-order valence-corrected chi connectivity index (χ4v) is 2.75. The number of likely N-dealkylation sites (N-methyl/N-ethyl adjacent to an activating group) is 1. The lowest BCUT2D eigenvalue weighted by Crippen LogP contribution is -2.47. The summed E-state index contributed by atoms with van der Waals surface area (Å²) < 4.78 is 5.79. The molecule has 1 aliphatic rings. The van der Waals surface area contributed by atoms with Crippen LogP contribution in [0.1, 0.15) is 43.9 Å². The van der Waals surface area contributed by atoms with Gasteiger partial charge in [0, 0.05) is 12.1 Å². The SMILES string of the molecule is CCN(CCO)C1COc2ccc(C(C)C)cc2C1O. The second-order valence-electron chi connectivity index (χ2n) is 5.63. The minimum atomic E-state index is -0.566. The van der Waals surface area contributed by atoms with E-state index in [0.29, 0.717) is 19.1 Å². The van der Waals surface area contributed by atoms with Gasteiger partial charge in [0.05, 0.1) is 12.6 Å². The van der Waals surface area contributed by atoms with Gasteiger partial charge >= 0.3 is 0 Å². The molecule has 0 bridgehead atoms. The highest BCUT2D eigenvalue weighted by atomic mass is 16.5. The van der Waals surface area contributed by atoms with Crippen LogP contribution in [0.4, 0.5) is 0 Å². The van der Waals surface area contributed by atoms with Gasteiger partial charge in [-0.2, -0.15) is 0 Å². The van der Waals surface area contributed by atoms with Crippen LogP contribution in [0, 0.1) is 0 Å². The molecule has 2 unspecified atom stereocenters. The first-order chi connectivity index (χ1) is 9.58. The van der Waals surface area contributed by atoms with Crippen molar-refractivity contribution >= 4 is 0 Å². The molecule has 1 aliphatic heterocycles. The summed E-state index contributed by atoms with van der Waals surface area (Å²) in [6.45, 7) is 8.20. The Morgan fingerprint density at radius 3 is 2.75 bits per heavy atom. The van der Waals surface area contributed by atoms with Crippen LogP contribution in [0.2, 0.25) is 0 Å². The normalized spacial score (nSPS) is 21.9. The zero-order valence-electron chi connectivity index (χ0n) is 12.5. The molecule has 1 aromatic carbocycles. The van der Waals surface area contributed by atoms with Gasteiger partial charge in [0.1, 0.15) is 18.5 Å². The quantitative estimate of drug-likeness (QED) is 0.864. The molecule has 0 saturated carbocycles. The zero-order chi connectivity index (χ0) is 14.7. The molecule has 4 nitrogen and oxygen atoms in total. The predicted molar refractivity (Wildman–Crippen MR) is 79.1 cm³/mol. The summed E-state index contributed by atoms with van der Waals surface area (Å²) >= 11 is 0. The van der Waals surface area contributed by atoms with Gasteiger partial charge in [0.25, 0.3) is 0 Å². The van der Waals surface area contributed by atoms with Crippen molar-refractivity contribution < 1.29 is 14.9 Å². The van der Waals surface area contributed by atoms with Crippen LogP contribution < -0.4 is 4.74 Å². The van der Waals surface area contributed by atoms with E-state index in [2.05, 4.69) is 24.8 Å². The average molecular weight is 279 g/mol. The van der Waals surface area contributed by atoms with Crippen LogP contribution in [-0.4, -0.2) is 47.5 Å². The Morgan fingerprint density at radius 1 is 1.40 bits per heavy atom. The van der Waals surface area contributed by atoms with Gasteiger partial charge in [0.15, 0.2) is 0 Å². The molecule has 2 atom stereocenters. The van der Waals surface area contributed by atoms with Crippen molar-refractivity contribution in [1.82, 2.24) is 4.90 Å². The number of ether oxygens (including phenoxy) is 1. The first-order valence-corrected chi connectivity index (χ1v) is 7.38. The highest BCUT2D eigenvalue weighted by Gasteiger charge is 2.33. The van der Waals surface area contributed by atoms with Crippen LogP contribution in [0.3, 0.4) is 0 Å². The number of benzene rings is 1. The Labute approximate surface area is 121 Å². The lowest BCUT2D eigenvalue weighted by atomic mass is 9.93. The molecule has 0 aliphatic carbocycles.